The highest BCUT2D eigenvalue weighted by atomic mass is 16.1. The second-order valence-corrected chi connectivity index (χ2v) is 13.3. The summed E-state index contributed by atoms with van der Waals surface area (Å²) in [6.07, 6.45) is 13.3. The number of pyridine rings is 1. The van der Waals surface area contributed by atoms with E-state index in [-0.39, 0.29) is 22.9 Å². The standard InChI is InChI=1S/C30H41N3O2/c1-4-25(24-9-6-11-31-24)33-12-10-21-22(27(33)35)7-5-8-23(21)32-26(34)16-30-15-20-13-28(2,18-30)17-29(3,14-20)19-30/h5,7-8,10,12,20,24-25,31H,4,6,9,11,13-19H2,1-3H3,(H,32,34). The predicted octanol–water partition coefficient (Wildman–Crippen LogP) is 6.03. The third-order valence-electron chi connectivity index (χ3n) is 9.86. The van der Waals surface area contributed by atoms with Crippen LogP contribution in [0.5, 0.6) is 0 Å². The van der Waals surface area contributed by atoms with Crippen molar-refractivity contribution in [3.63, 3.8) is 0 Å². The number of benzene rings is 1. The molecule has 7 rings (SSSR count). The normalized spacial score (nSPS) is 36.5. The van der Waals surface area contributed by atoms with Gasteiger partial charge in [0.05, 0.1) is 6.04 Å². The number of fused-ring (bicyclic) bond motifs is 1. The summed E-state index contributed by atoms with van der Waals surface area (Å²) in [7, 11) is 0. The lowest BCUT2D eigenvalue weighted by Gasteiger charge is -2.65. The smallest absolute Gasteiger partial charge is 0.258 e. The Bertz CT molecular complexity index is 1190. The minimum atomic E-state index is 0.0427. The summed E-state index contributed by atoms with van der Waals surface area (Å²) >= 11 is 0. The predicted molar refractivity (Wildman–Crippen MR) is 142 cm³/mol. The lowest BCUT2D eigenvalue weighted by Crippen LogP contribution is -2.55. The number of hydrogen-bond donors (Lipinski definition) is 2. The number of carbonyl (C=O) groups is 1. The molecule has 2 aromatic rings. The fourth-order valence-corrected chi connectivity index (χ4v) is 9.79. The van der Waals surface area contributed by atoms with Crippen molar-refractivity contribution in [2.24, 2.45) is 22.2 Å². The van der Waals surface area contributed by atoms with Crippen molar-refractivity contribution in [3.05, 3.63) is 40.8 Å². The number of anilines is 1. The average molecular weight is 476 g/mol. The van der Waals surface area contributed by atoms with Gasteiger partial charge in [-0.1, -0.05) is 26.8 Å². The van der Waals surface area contributed by atoms with Gasteiger partial charge in [-0.05, 0) is 105 Å². The Morgan fingerprint density at radius 1 is 1.11 bits per heavy atom. The van der Waals surface area contributed by atoms with Gasteiger partial charge >= 0.3 is 0 Å². The summed E-state index contributed by atoms with van der Waals surface area (Å²) in [5, 5.41) is 8.34. The van der Waals surface area contributed by atoms with Crippen LogP contribution in [0.25, 0.3) is 10.8 Å². The van der Waals surface area contributed by atoms with E-state index in [9.17, 15) is 9.59 Å². The maximum atomic E-state index is 13.5. The van der Waals surface area contributed by atoms with Crippen LogP contribution < -0.4 is 16.2 Å². The molecule has 35 heavy (non-hydrogen) atoms. The first-order valence-electron chi connectivity index (χ1n) is 13.9. The Morgan fingerprint density at radius 2 is 1.89 bits per heavy atom. The van der Waals surface area contributed by atoms with Gasteiger partial charge < -0.3 is 15.2 Å². The monoisotopic (exact) mass is 475 g/mol. The highest BCUT2D eigenvalue weighted by Crippen LogP contribution is 2.70. The van der Waals surface area contributed by atoms with Crippen molar-refractivity contribution in [2.45, 2.75) is 97.1 Å². The Hall–Kier alpha value is -2.14. The fourth-order valence-electron chi connectivity index (χ4n) is 9.79. The van der Waals surface area contributed by atoms with Crippen molar-refractivity contribution in [3.8, 4) is 0 Å². The minimum absolute atomic E-state index is 0.0427. The summed E-state index contributed by atoms with van der Waals surface area (Å²) in [6.45, 7) is 8.11. The molecule has 4 bridgehead atoms. The van der Waals surface area contributed by atoms with E-state index in [1.165, 1.54) is 44.9 Å². The lowest BCUT2D eigenvalue weighted by atomic mass is 9.40. The third kappa shape index (κ3) is 4.04. The molecule has 5 nitrogen and oxygen atoms in total. The largest absolute Gasteiger partial charge is 0.325 e. The van der Waals surface area contributed by atoms with Gasteiger partial charge in [-0.25, -0.2) is 0 Å². The zero-order valence-electron chi connectivity index (χ0n) is 21.7. The number of amides is 1. The first-order valence-corrected chi connectivity index (χ1v) is 13.9. The Kier molecular flexibility index (Phi) is 5.45. The first-order chi connectivity index (χ1) is 16.7. The van der Waals surface area contributed by atoms with E-state index in [1.807, 2.05) is 35.0 Å². The number of rotatable bonds is 6. The summed E-state index contributed by atoms with van der Waals surface area (Å²) in [5.41, 5.74) is 1.77. The van der Waals surface area contributed by atoms with Gasteiger partial charge in [0.2, 0.25) is 5.91 Å². The van der Waals surface area contributed by atoms with Gasteiger partial charge in [0.15, 0.2) is 0 Å². The zero-order valence-corrected chi connectivity index (χ0v) is 21.7. The average Bonchev–Trinajstić information content (AvgIpc) is 3.28. The van der Waals surface area contributed by atoms with Crippen LogP contribution in [0.4, 0.5) is 5.69 Å². The Balaban J connectivity index is 1.25. The second kappa shape index (κ2) is 8.19. The summed E-state index contributed by atoms with van der Waals surface area (Å²) in [6, 6.07) is 8.29. The van der Waals surface area contributed by atoms with Crippen LogP contribution in [-0.2, 0) is 4.79 Å². The molecule has 0 spiro atoms. The van der Waals surface area contributed by atoms with E-state index in [2.05, 4.69) is 31.4 Å². The molecule has 5 heteroatoms. The third-order valence-corrected chi connectivity index (χ3v) is 9.86. The Morgan fingerprint density at radius 3 is 2.54 bits per heavy atom. The van der Waals surface area contributed by atoms with Gasteiger partial charge in [-0.15, -0.1) is 0 Å². The van der Waals surface area contributed by atoms with Crippen molar-refractivity contribution in [1.82, 2.24) is 9.88 Å². The molecule has 5 fully saturated rings. The molecule has 2 N–H and O–H groups in total. The van der Waals surface area contributed by atoms with Gasteiger partial charge in [-0.2, -0.15) is 0 Å². The SMILES string of the molecule is CCC(C1CCCN1)n1ccc2c(NC(=O)CC34CC5CC(C)(CC(C)(C5)C3)C4)cccc2c1=O. The maximum absolute atomic E-state index is 13.5. The summed E-state index contributed by atoms with van der Waals surface area (Å²) < 4.78 is 1.91. The van der Waals surface area contributed by atoms with Crippen molar-refractivity contribution in [2.75, 3.05) is 11.9 Å². The van der Waals surface area contributed by atoms with Crippen LogP contribution in [-0.4, -0.2) is 23.1 Å². The molecule has 1 amide bonds. The molecule has 4 atom stereocenters. The molecule has 5 aliphatic rings. The van der Waals surface area contributed by atoms with Crippen LogP contribution in [0.2, 0.25) is 0 Å². The van der Waals surface area contributed by atoms with Crippen LogP contribution in [0, 0.1) is 22.2 Å². The van der Waals surface area contributed by atoms with Crippen LogP contribution in [0.1, 0.15) is 91.0 Å². The zero-order chi connectivity index (χ0) is 24.4. The van der Waals surface area contributed by atoms with Crippen molar-refractivity contribution in [1.29, 1.82) is 0 Å². The summed E-state index contributed by atoms with van der Waals surface area (Å²) in [5.74, 6) is 0.892. The lowest BCUT2D eigenvalue weighted by molar-refractivity contribution is -0.153. The molecule has 4 unspecified atom stereocenters. The molecule has 1 aromatic carbocycles. The minimum Gasteiger partial charge on any atom is -0.325 e. The number of aromatic nitrogens is 1. The van der Waals surface area contributed by atoms with Crippen LogP contribution >= 0.6 is 0 Å². The van der Waals surface area contributed by atoms with Crippen molar-refractivity contribution < 1.29 is 4.79 Å². The molecule has 1 saturated heterocycles. The van der Waals surface area contributed by atoms with E-state index in [4.69, 9.17) is 0 Å². The molecule has 4 aliphatic carbocycles. The molecule has 2 heterocycles. The van der Waals surface area contributed by atoms with E-state index in [0.717, 1.165) is 36.4 Å². The first kappa shape index (κ1) is 23.3. The highest BCUT2D eigenvalue weighted by Gasteiger charge is 2.60. The van der Waals surface area contributed by atoms with E-state index >= 15 is 0 Å². The second-order valence-electron chi connectivity index (χ2n) is 13.3. The van der Waals surface area contributed by atoms with Gasteiger partial charge in [-0.3, -0.25) is 9.59 Å². The fraction of sp³-hybridized carbons (Fsp3) is 0.667. The van der Waals surface area contributed by atoms with Gasteiger partial charge in [0, 0.05) is 35.1 Å². The van der Waals surface area contributed by atoms with Crippen LogP contribution in [0.3, 0.4) is 0 Å². The topological polar surface area (TPSA) is 63.1 Å². The molecule has 4 saturated carbocycles. The molecule has 1 aromatic heterocycles. The van der Waals surface area contributed by atoms with Gasteiger partial charge in [0.25, 0.3) is 5.56 Å². The molecule has 1 aliphatic heterocycles. The quantitative estimate of drug-likeness (QED) is 0.536. The van der Waals surface area contributed by atoms with E-state index in [1.54, 1.807) is 0 Å². The van der Waals surface area contributed by atoms with Gasteiger partial charge in [0.1, 0.15) is 0 Å². The Labute approximate surface area is 209 Å². The van der Waals surface area contributed by atoms with E-state index in [0.29, 0.717) is 28.7 Å². The molecule has 188 valence electrons. The number of nitrogens with one attached hydrogen (secondary N) is 2. The molecular formula is C30H41N3O2. The number of nitrogens with zero attached hydrogens (tertiary/aromatic N) is 1. The number of carbonyl (C=O) groups excluding carboxylic acids is 1. The maximum Gasteiger partial charge on any atom is 0.258 e. The molecule has 0 radical (unpaired) electrons. The number of hydrogen-bond acceptors (Lipinski definition) is 3. The van der Waals surface area contributed by atoms with Crippen LogP contribution in [0.15, 0.2) is 35.3 Å². The highest BCUT2D eigenvalue weighted by molar-refractivity contribution is 6.02. The summed E-state index contributed by atoms with van der Waals surface area (Å²) in [4.78, 5) is 26.9. The molecular weight excluding hydrogens is 434 g/mol. The van der Waals surface area contributed by atoms with Crippen molar-refractivity contribution >= 4 is 22.4 Å². The van der Waals surface area contributed by atoms with E-state index < -0.39 is 0 Å².